The third kappa shape index (κ3) is 3.95. The zero-order valence-corrected chi connectivity index (χ0v) is 8.39. The van der Waals surface area contributed by atoms with E-state index in [4.69, 9.17) is 5.11 Å². The summed E-state index contributed by atoms with van der Waals surface area (Å²) in [7, 11) is 0. The highest BCUT2D eigenvalue weighted by Crippen LogP contribution is 2.09. The van der Waals surface area contributed by atoms with E-state index in [1.807, 2.05) is 30.3 Å². The highest BCUT2D eigenvalue weighted by molar-refractivity contribution is 5.85. The van der Waals surface area contributed by atoms with Gasteiger partial charge in [0, 0.05) is 12.0 Å². The molecule has 0 amide bonds. The monoisotopic (exact) mass is 206 g/mol. The fourth-order valence-corrected chi connectivity index (χ4v) is 1.33. The Morgan fingerprint density at radius 1 is 1.33 bits per heavy atom. The van der Waals surface area contributed by atoms with Gasteiger partial charge in [0.1, 0.15) is 0 Å². The summed E-state index contributed by atoms with van der Waals surface area (Å²) in [6, 6.07) is 9.45. The van der Waals surface area contributed by atoms with Crippen molar-refractivity contribution in [2.45, 2.75) is 18.9 Å². The highest BCUT2D eigenvalue weighted by Gasteiger charge is 2.11. The van der Waals surface area contributed by atoms with Gasteiger partial charge in [-0.2, -0.15) is 0 Å². The Morgan fingerprint density at radius 3 is 2.47 bits per heavy atom. The van der Waals surface area contributed by atoms with E-state index in [-0.39, 0.29) is 12.0 Å². The van der Waals surface area contributed by atoms with Crippen LogP contribution < -0.4 is 0 Å². The predicted molar refractivity (Wildman–Crippen MR) is 57.5 cm³/mol. The second-order valence-corrected chi connectivity index (χ2v) is 3.46. The van der Waals surface area contributed by atoms with Gasteiger partial charge in [-0.25, -0.2) is 4.79 Å². The van der Waals surface area contributed by atoms with Crippen LogP contribution in [-0.4, -0.2) is 22.3 Å². The average Bonchev–Trinajstić information content (AvgIpc) is 2.18. The number of aliphatic carboxylic acids is 1. The number of aliphatic hydroxyl groups is 1. The number of aliphatic hydroxyl groups excluding tert-OH is 1. The standard InChI is InChI=1S/C12H14O3/c1-9(12(14)15)7-11(13)8-10-5-3-2-4-6-10/h2-6,11,13H,1,7-8H2,(H,14,15). The Bertz CT molecular complexity index is 343. The van der Waals surface area contributed by atoms with E-state index in [0.717, 1.165) is 5.56 Å². The molecular weight excluding hydrogens is 192 g/mol. The Labute approximate surface area is 88.7 Å². The molecular formula is C12H14O3. The molecule has 3 nitrogen and oxygen atoms in total. The lowest BCUT2D eigenvalue weighted by Crippen LogP contribution is -2.14. The van der Waals surface area contributed by atoms with Gasteiger partial charge in [0.2, 0.25) is 0 Å². The zero-order chi connectivity index (χ0) is 11.3. The molecule has 0 saturated heterocycles. The van der Waals surface area contributed by atoms with Crippen molar-refractivity contribution in [1.29, 1.82) is 0 Å². The summed E-state index contributed by atoms with van der Waals surface area (Å²) in [6.45, 7) is 3.38. The Hall–Kier alpha value is -1.61. The largest absolute Gasteiger partial charge is 0.478 e. The molecule has 0 aliphatic carbocycles. The summed E-state index contributed by atoms with van der Waals surface area (Å²) in [5.41, 5.74) is 1.03. The summed E-state index contributed by atoms with van der Waals surface area (Å²) in [5, 5.41) is 18.2. The van der Waals surface area contributed by atoms with Crippen molar-refractivity contribution >= 4 is 5.97 Å². The lowest BCUT2D eigenvalue weighted by molar-refractivity contribution is -0.133. The maximum atomic E-state index is 10.5. The molecule has 0 aliphatic heterocycles. The van der Waals surface area contributed by atoms with E-state index in [0.29, 0.717) is 6.42 Å². The van der Waals surface area contributed by atoms with Gasteiger partial charge in [0.05, 0.1) is 6.10 Å². The first kappa shape index (κ1) is 11.5. The third-order valence-electron chi connectivity index (χ3n) is 2.10. The number of carboxylic acid groups (broad SMARTS) is 1. The van der Waals surface area contributed by atoms with Crippen molar-refractivity contribution < 1.29 is 15.0 Å². The van der Waals surface area contributed by atoms with Crippen molar-refractivity contribution in [1.82, 2.24) is 0 Å². The number of carboxylic acids is 1. The van der Waals surface area contributed by atoms with Crippen molar-refractivity contribution in [3.63, 3.8) is 0 Å². The van der Waals surface area contributed by atoms with Crippen LogP contribution >= 0.6 is 0 Å². The molecule has 0 aliphatic rings. The molecule has 0 aromatic heterocycles. The van der Waals surface area contributed by atoms with Crippen LogP contribution in [0.2, 0.25) is 0 Å². The molecule has 1 aromatic rings. The molecule has 80 valence electrons. The van der Waals surface area contributed by atoms with E-state index in [1.165, 1.54) is 0 Å². The summed E-state index contributed by atoms with van der Waals surface area (Å²) in [5.74, 6) is -1.05. The molecule has 15 heavy (non-hydrogen) atoms. The van der Waals surface area contributed by atoms with E-state index in [2.05, 4.69) is 6.58 Å². The van der Waals surface area contributed by atoms with E-state index in [9.17, 15) is 9.90 Å². The van der Waals surface area contributed by atoms with Crippen molar-refractivity contribution in [3.05, 3.63) is 48.0 Å². The predicted octanol–water partition coefficient (Wildman–Crippen LogP) is 1.62. The van der Waals surface area contributed by atoms with Crippen LogP contribution in [0.1, 0.15) is 12.0 Å². The van der Waals surface area contributed by atoms with Gasteiger partial charge in [-0.3, -0.25) is 0 Å². The Balaban J connectivity index is 2.46. The normalized spacial score (nSPS) is 12.1. The Morgan fingerprint density at radius 2 is 1.93 bits per heavy atom. The van der Waals surface area contributed by atoms with Crippen LogP contribution in [-0.2, 0) is 11.2 Å². The maximum absolute atomic E-state index is 10.5. The van der Waals surface area contributed by atoms with E-state index < -0.39 is 12.1 Å². The average molecular weight is 206 g/mol. The lowest BCUT2D eigenvalue weighted by Gasteiger charge is -2.10. The molecule has 0 spiro atoms. The summed E-state index contributed by atoms with van der Waals surface area (Å²) in [4.78, 5) is 10.5. The molecule has 0 saturated carbocycles. The van der Waals surface area contributed by atoms with Gasteiger partial charge in [-0.15, -0.1) is 0 Å². The maximum Gasteiger partial charge on any atom is 0.331 e. The summed E-state index contributed by atoms with van der Waals surface area (Å²) >= 11 is 0. The number of hydrogen-bond donors (Lipinski definition) is 2. The molecule has 0 bridgehead atoms. The Kier molecular flexibility index (Phi) is 4.06. The van der Waals surface area contributed by atoms with Gasteiger partial charge >= 0.3 is 5.97 Å². The van der Waals surface area contributed by atoms with E-state index >= 15 is 0 Å². The first-order chi connectivity index (χ1) is 7.09. The number of benzene rings is 1. The summed E-state index contributed by atoms with van der Waals surface area (Å²) in [6.07, 6.45) is -0.131. The lowest BCUT2D eigenvalue weighted by atomic mass is 10.0. The van der Waals surface area contributed by atoms with Crippen LogP contribution in [0.15, 0.2) is 42.5 Å². The molecule has 0 radical (unpaired) electrons. The fraction of sp³-hybridized carbons (Fsp3) is 0.250. The molecule has 1 rings (SSSR count). The molecule has 3 heteroatoms. The van der Waals surface area contributed by atoms with Crippen molar-refractivity contribution in [2.75, 3.05) is 0 Å². The van der Waals surface area contributed by atoms with Gasteiger partial charge in [0.15, 0.2) is 0 Å². The molecule has 2 N–H and O–H groups in total. The van der Waals surface area contributed by atoms with Crippen LogP contribution in [0.3, 0.4) is 0 Å². The van der Waals surface area contributed by atoms with Crippen LogP contribution in [0.25, 0.3) is 0 Å². The molecule has 0 fully saturated rings. The quantitative estimate of drug-likeness (QED) is 0.720. The third-order valence-corrected chi connectivity index (χ3v) is 2.10. The molecule has 1 aromatic carbocycles. The van der Waals surface area contributed by atoms with Gasteiger partial charge < -0.3 is 10.2 Å². The highest BCUT2D eigenvalue weighted by atomic mass is 16.4. The molecule has 0 heterocycles. The minimum Gasteiger partial charge on any atom is -0.478 e. The first-order valence-corrected chi connectivity index (χ1v) is 4.72. The zero-order valence-electron chi connectivity index (χ0n) is 8.39. The summed E-state index contributed by atoms with van der Waals surface area (Å²) < 4.78 is 0. The number of hydrogen-bond acceptors (Lipinski definition) is 2. The molecule has 1 atom stereocenters. The van der Waals surface area contributed by atoms with Crippen LogP contribution in [0.5, 0.6) is 0 Å². The first-order valence-electron chi connectivity index (χ1n) is 4.72. The van der Waals surface area contributed by atoms with Crippen LogP contribution in [0.4, 0.5) is 0 Å². The topological polar surface area (TPSA) is 57.5 Å². The van der Waals surface area contributed by atoms with Gasteiger partial charge in [-0.05, 0) is 12.0 Å². The number of rotatable bonds is 5. The second-order valence-electron chi connectivity index (χ2n) is 3.46. The van der Waals surface area contributed by atoms with Crippen molar-refractivity contribution in [2.24, 2.45) is 0 Å². The van der Waals surface area contributed by atoms with E-state index in [1.54, 1.807) is 0 Å². The van der Waals surface area contributed by atoms with Crippen molar-refractivity contribution in [3.8, 4) is 0 Å². The fourth-order valence-electron chi connectivity index (χ4n) is 1.33. The number of carbonyl (C=O) groups is 1. The van der Waals surface area contributed by atoms with Gasteiger partial charge in [0.25, 0.3) is 0 Å². The van der Waals surface area contributed by atoms with Crippen LogP contribution in [0, 0.1) is 0 Å². The minimum atomic E-state index is -1.05. The SMILES string of the molecule is C=C(CC(O)Cc1ccccc1)C(=O)O. The smallest absolute Gasteiger partial charge is 0.331 e. The minimum absolute atomic E-state index is 0.0402. The van der Waals surface area contributed by atoms with Gasteiger partial charge in [-0.1, -0.05) is 36.9 Å². The molecule has 1 unspecified atom stereocenters. The second kappa shape index (κ2) is 5.32.